The Kier molecular flexibility index (Phi) is 0.927. The third kappa shape index (κ3) is 0.638. The Balaban J connectivity index is 2.59. The number of nitrogens with zero attached hydrogens (tertiary/aromatic N) is 1. The van der Waals surface area contributed by atoms with Crippen molar-refractivity contribution in [3.63, 3.8) is 0 Å². The maximum absolute atomic E-state index is 8.17. The first kappa shape index (κ1) is 5.41. The SMILES string of the molecule is CC1(/C(N)=N/O)CC1. The number of hydrogen-bond donors (Lipinski definition) is 2. The molecule has 8 heavy (non-hydrogen) atoms. The third-order valence-corrected chi connectivity index (χ3v) is 1.73. The lowest BCUT2D eigenvalue weighted by atomic mass is 10.1. The lowest BCUT2D eigenvalue weighted by Crippen LogP contribution is -2.21. The molecule has 0 aliphatic heterocycles. The molecule has 0 heterocycles. The molecule has 3 nitrogen and oxygen atoms in total. The lowest BCUT2D eigenvalue weighted by Gasteiger charge is -2.01. The molecule has 0 radical (unpaired) electrons. The van der Waals surface area contributed by atoms with Crippen LogP contribution < -0.4 is 5.73 Å². The van der Waals surface area contributed by atoms with Crippen LogP contribution in [0.25, 0.3) is 0 Å². The zero-order chi connectivity index (χ0) is 6.20. The fraction of sp³-hybridized carbons (Fsp3) is 0.800. The first-order valence-corrected chi connectivity index (χ1v) is 2.67. The predicted octanol–water partition coefficient (Wildman–Crippen LogP) is 0.533. The van der Waals surface area contributed by atoms with Crippen molar-refractivity contribution in [2.45, 2.75) is 19.8 Å². The van der Waals surface area contributed by atoms with Gasteiger partial charge in [-0.25, -0.2) is 0 Å². The van der Waals surface area contributed by atoms with E-state index < -0.39 is 0 Å². The summed E-state index contributed by atoms with van der Waals surface area (Å²) in [5.41, 5.74) is 5.35. The molecular weight excluding hydrogens is 104 g/mol. The van der Waals surface area contributed by atoms with Crippen molar-refractivity contribution in [1.82, 2.24) is 0 Å². The van der Waals surface area contributed by atoms with Crippen LogP contribution in [-0.4, -0.2) is 11.0 Å². The van der Waals surface area contributed by atoms with Crippen LogP contribution in [0.15, 0.2) is 5.16 Å². The first-order chi connectivity index (χ1) is 3.69. The van der Waals surface area contributed by atoms with Gasteiger partial charge in [-0.05, 0) is 12.8 Å². The summed E-state index contributed by atoms with van der Waals surface area (Å²) < 4.78 is 0. The number of rotatable bonds is 1. The molecule has 1 fully saturated rings. The van der Waals surface area contributed by atoms with E-state index in [1.165, 1.54) is 0 Å². The highest BCUT2D eigenvalue weighted by Crippen LogP contribution is 2.44. The highest BCUT2D eigenvalue weighted by atomic mass is 16.4. The van der Waals surface area contributed by atoms with E-state index in [1.807, 2.05) is 6.92 Å². The maximum Gasteiger partial charge on any atom is 0.145 e. The molecule has 0 bridgehead atoms. The first-order valence-electron chi connectivity index (χ1n) is 2.67. The smallest absolute Gasteiger partial charge is 0.145 e. The Hall–Kier alpha value is -0.730. The minimum absolute atomic E-state index is 0.0365. The van der Waals surface area contributed by atoms with E-state index in [-0.39, 0.29) is 5.41 Å². The van der Waals surface area contributed by atoms with E-state index >= 15 is 0 Å². The topological polar surface area (TPSA) is 58.6 Å². The van der Waals surface area contributed by atoms with Gasteiger partial charge in [0.15, 0.2) is 0 Å². The van der Waals surface area contributed by atoms with Gasteiger partial charge in [-0.1, -0.05) is 12.1 Å². The van der Waals surface area contributed by atoms with Gasteiger partial charge in [0, 0.05) is 5.41 Å². The average Bonchev–Trinajstić information content (AvgIpc) is 2.47. The fourth-order valence-electron chi connectivity index (χ4n) is 0.564. The zero-order valence-corrected chi connectivity index (χ0v) is 4.89. The van der Waals surface area contributed by atoms with Gasteiger partial charge in [0.1, 0.15) is 5.84 Å². The molecular formula is C5H10N2O. The second-order valence-electron chi connectivity index (χ2n) is 2.55. The molecule has 0 unspecified atom stereocenters. The van der Waals surface area contributed by atoms with Gasteiger partial charge in [0.2, 0.25) is 0 Å². The van der Waals surface area contributed by atoms with Crippen molar-refractivity contribution in [3.05, 3.63) is 0 Å². The molecule has 0 amide bonds. The standard InChI is InChI=1S/C5H10N2O/c1-5(2-3-5)4(6)7-8/h8H,2-3H2,1H3,(H2,6,7). The summed E-state index contributed by atoms with van der Waals surface area (Å²) >= 11 is 0. The fourth-order valence-corrected chi connectivity index (χ4v) is 0.564. The average molecular weight is 114 g/mol. The maximum atomic E-state index is 8.17. The molecule has 0 atom stereocenters. The summed E-state index contributed by atoms with van der Waals surface area (Å²) in [6.45, 7) is 1.99. The van der Waals surface area contributed by atoms with Crippen LogP contribution >= 0.6 is 0 Å². The summed E-state index contributed by atoms with van der Waals surface area (Å²) in [4.78, 5) is 0. The largest absolute Gasteiger partial charge is 0.409 e. The Labute approximate surface area is 48.2 Å². The lowest BCUT2D eigenvalue weighted by molar-refractivity contribution is 0.314. The highest BCUT2D eigenvalue weighted by molar-refractivity contribution is 5.87. The molecule has 3 N–H and O–H groups in total. The molecule has 0 aromatic carbocycles. The second kappa shape index (κ2) is 1.37. The predicted molar refractivity (Wildman–Crippen MR) is 30.7 cm³/mol. The molecule has 0 aromatic heterocycles. The Bertz CT molecular complexity index is 126. The van der Waals surface area contributed by atoms with Crippen LogP contribution in [0, 0.1) is 5.41 Å². The molecule has 0 spiro atoms. The number of oxime groups is 1. The molecule has 0 saturated heterocycles. The minimum atomic E-state index is 0.0365. The summed E-state index contributed by atoms with van der Waals surface area (Å²) in [6, 6.07) is 0. The Morgan fingerprint density at radius 3 is 2.38 bits per heavy atom. The monoisotopic (exact) mass is 114 g/mol. The van der Waals surface area contributed by atoms with Crippen LogP contribution in [0.1, 0.15) is 19.8 Å². The molecule has 46 valence electrons. The van der Waals surface area contributed by atoms with E-state index in [9.17, 15) is 0 Å². The van der Waals surface area contributed by atoms with Crippen LogP contribution in [0.5, 0.6) is 0 Å². The van der Waals surface area contributed by atoms with E-state index in [0.717, 1.165) is 12.8 Å². The molecule has 1 saturated carbocycles. The van der Waals surface area contributed by atoms with Gasteiger partial charge in [-0.2, -0.15) is 0 Å². The van der Waals surface area contributed by atoms with Gasteiger partial charge in [0.25, 0.3) is 0 Å². The van der Waals surface area contributed by atoms with E-state index in [4.69, 9.17) is 10.9 Å². The van der Waals surface area contributed by atoms with Gasteiger partial charge in [0.05, 0.1) is 0 Å². The van der Waals surface area contributed by atoms with Crippen molar-refractivity contribution in [1.29, 1.82) is 0 Å². The molecule has 1 aliphatic rings. The summed E-state index contributed by atoms with van der Waals surface area (Å²) in [7, 11) is 0. The Morgan fingerprint density at radius 2 is 2.25 bits per heavy atom. The van der Waals surface area contributed by atoms with Crippen LogP contribution in [0.4, 0.5) is 0 Å². The van der Waals surface area contributed by atoms with Crippen molar-refractivity contribution < 1.29 is 5.21 Å². The summed E-state index contributed by atoms with van der Waals surface area (Å²) in [6.07, 6.45) is 2.12. The van der Waals surface area contributed by atoms with E-state index in [2.05, 4.69) is 5.16 Å². The summed E-state index contributed by atoms with van der Waals surface area (Å²) in [5, 5.41) is 11.1. The quantitative estimate of drug-likeness (QED) is 0.226. The zero-order valence-electron chi connectivity index (χ0n) is 4.89. The molecule has 3 heteroatoms. The van der Waals surface area contributed by atoms with Crippen molar-refractivity contribution >= 4 is 5.84 Å². The van der Waals surface area contributed by atoms with Crippen molar-refractivity contribution in [3.8, 4) is 0 Å². The van der Waals surface area contributed by atoms with Crippen molar-refractivity contribution in [2.75, 3.05) is 0 Å². The third-order valence-electron chi connectivity index (χ3n) is 1.73. The molecule has 1 aliphatic carbocycles. The normalized spacial score (nSPS) is 25.4. The van der Waals surface area contributed by atoms with Gasteiger partial charge >= 0.3 is 0 Å². The van der Waals surface area contributed by atoms with Crippen molar-refractivity contribution in [2.24, 2.45) is 16.3 Å². The van der Waals surface area contributed by atoms with Crippen LogP contribution in [0.3, 0.4) is 0 Å². The van der Waals surface area contributed by atoms with Crippen LogP contribution in [-0.2, 0) is 0 Å². The van der Waals surface area contributed by atoms with Gasteiger partial charge in [-0.3, -0.25) is 0 Å². The Morgan fingerprint density at radius 1 is 1.75 bits per heavy atom. The van der Waals surface area contributed by atoms with E-state index in [0.29, 0.717) is 5.84 Å². The highest BCUT2D eigenvalue weighted by Gasteiger charge is 2.41. The summed E-state index contributed by atoms with van der Waals surface area (Å²) in [5.74, 6) is 0.373. The van der Waals surface area contributed by atoms with Gasteiger partial charge < -0.3 is 10.9 Å². The van der Waals surface area contributed by atoms with Gasteiger partial charge in [-0.15, -0.1) is 0 Å². The molecule has 0 aromatic rings. The number of hydrogen-bond acceptors (Lipinski definition) is 2. The number of amidine groups is 1. The van der Waals surface area contributed by atoms with Crippen LogP contribution in [0.2, 0.25) is 0 Å². The van der Waals surface area contributed by atoms with E-state index in [1.54, 1.807) is 0 Å². The minimum Gasteiger partial charge on any atom is -0.409 e. The number of nitrogens with two attached hydrogens (primary N) is 1. The molecule has 1 rings (SSSR count). The second-order valence-corrected chi connectivity index (χ2v) is 2.55.